The molecule has 1 aromatic heterocycles. The number of benzene rings is 1. The highest BCUT2D eigenvalue weighted by Crippen LogP contribution is 2.18. The van der Waals surface area contributed by atoms with Gasteiger partial charge in [-0.05, 0) is 26.3 Å². The minimum atomic E-state index is -0.429. The standard InChI is InChI=1S/C16H20FN3O/c1-4-20(5-2)15-14(17)10-18-16(19-15)21-11-13-8-6-12(3)7-9-13/h6-10H,4-5,11H2,1-3H3. The summed E-state index contributed by atoms with van der Waals surface area (Å²) in [7, 11) is 0. The molecule has 21 heavy (non-hydrogen) atoms. The number of anilines is 1. The molecule has 0 spiro atoms. The number of rotatable bonds is 6. The molecule has 0 aliphatic rings. The zero-order chi connectivity index (χ0) is 15.2. The Kier molecular flexibility index (Phi) is 5.09. The van der Waals surface area contributed by atoms with Gasteiger partial charge in [0.1, 0.15) is 6.61 Å². The van der Waals surface area contributed by atoms with E-state index in [4.69, 9.17) is 4.74 Å². The van der Waals surface area contributed by atoms with Crippen LogP contribution in [0.5, 0.6) is 6.01 Å². The van der Waals surface area contributed by atoms with E-state index < -0.39 is 5.82 Å². The van der Waals surface area contributed by atoms with E-state index in [2.05, 4.69) is 9.97 Å². The van der Waals surface area contributed by atoms with Gasteiger partial charge < -0.3 is 9.64 Å². The minimum Gasteiger partial charge on any atom is -0.459 e. The molecule has 1 heterocycles. The Balaban J connectivity index is 2.10. The Morgan fingerprint density at radius 3 is 2.43 bits per heavy atom. The predicted octanol–water partition coefficient (Wildman–Crippen LogP) is 3.35. The summed E-state index contributed by atoms with van der Waals surface area (Å²) in [6, 6.07) is 8.21. The summed E-state index contributed by atoms with van der Waals surface area (Å²) in [5, 5.41) is 0. The van der Waals surface area contributed by atoms with Crippen LogP contribution < -0.4 is 9.64 Å². The van der Waals surface area contributed by atoms with Crippen LogP contribution in [-0.4, -0.2) is 23.1 Å². The lowest BCUT2D eigenvalue weighted by molar-refractivity contribution is 0.279. The van der Waals surface area contributed by atoms with Gasteiger partial charge in [0, 0.05) is 13.1 Å². The molecule has 0 amide bonds. The zero-order valence-corrected chi connectivity index (χ0v) is 12.6. The molecule has 1 aromatic carbocycles. The lowest BCUT2D eigenvalue weighted by Gasteiger charge is -2.20. The summed E-state index contributed by atoms with van der Waals surface area (Å²) < 4.78 is 19.3. The van der Waals surface area contributed by atoms with Gasteiger partial charge in [0.05, 0.1) is 6.20 Å². The van der Waals surface area contributed by atoms with E-state index in [-0.39, 0.29) is 11.8 Å². The third-order valence-corrected chi connectivity index (χ3v) is 3.26. The fraction of sp³-hybridized carbons (Fsp3) is 0.375. The third kappa shape index (κ3) is 3.90. The van der Waals surface area contributed by atoms with Crippen LogP contribution in [0.2, 0.25) is 0 Å². The molecule has 0 radical (unpaired) electrons. The summed E-state index contributed by atoms with van der Waals surface area (Å²) in [4.78, 5) is 9.88. The normalized spacial score (nSPS) is 10.5. The maximum Gasteiger partial charge on any atom is 0.318 e. The van der Waals surface area contributed by atoms with Crippen LogP contribution in [0.3, 0.4) is 0 Å². The highest BCUT2D eigenvalue weighted by Gasteiger charge is 2.13. The summed E-state index contributed by atoms with van der Waals surface area (Å²) in [6.07, 6.45) is 1.16. The summed E-state index contributed by atoms with van der Waals surface area (Å²) in [6.45, 7) is 7.67. The van der Waals surface area contributed by atoms with Crippen LogP contribution in [0.1, 0.15) is 25.0 Å². The van der Waals surface area contributed by atoms with Gasteiger partial charge in [0.15, 0.2) is 11.6 Å². The molecule has 5 heteroatoms. The fourth-order valence-corrected chi connectivity index (χ4v) is 1.99. The molecule has 0 saturated carbocycles. The molecule has 2 aromatic rings. The molecule has 112 valence electrons. The lowest BCUT2D eigenvalue weighted by Crippen LogP contribution is -2.24. The number of hydrogen-bond donors (Lipinski definition) is 0. The van der Waals surface area contributed by atoms with E-state index in [1.807, 2.05) is 49.9 Å². The van der Waals surface area contributed by atoms with Crippen LogP contribution in [0.15, 0.2) is 30.5 Å². The molecule has 0 atom stereocenters. The van der Waals surface area contributed by atoms with E-state index in [0.717, 1.165) is 11.8 Å². The van der Waals surface area contributed by atoms with Crippen molar-refractivity contribution in [2.45, 2.75) is 27.4 Å². The zero-order valence-electron chi connectivity index (χ0n) is 12.6. The van der Waals surface area contributed by atoms with E-state index >= 15 is 0 Å². The molecule has 4 nitrogen and oxygen atoms in total. The molecule has 0 aliphatic carbocycles. The summed E-state index contributed by atoms with van der Waals surface area (Å²) in [5.74, 6) is -0.143. The van der Waals surface area contributed by atoms with Crippen molar-refractivity contribution in [1.29, 1.82) is 0 Å². The summed E-state index contributed by atoms with van der Waals surface area (Å²) in [5.41, 5.74) is 2.22. The lowest BCUT2D eigenvalue weighted by atomic mass is 10.2. The quantitative estimate of drug-likeness (QED) is 0.817. The largest absolute Gasteiger partial charge is 0.459 e. The first kappa shape index (κ1) is 15.2. The fourth-order valence-electron chi connectivity index (χ4n) is 1.99. The van der Waals surface area contributed by atoms with Crippen LogP contribution in [0, 0.1) is 12.7 Å². The Morgan fingerprint density at radius 2 is 1.81 bits per heavy atom. The highest BCUT2D eigenvalue weighted by atomic mass is 19.1. The van der Waals surface area contributed by atoms with Gasteiger partial charge in [0.2, 0.25) is 0 Å². The molecule has 2 rings (SSSR count). The van der Waals surface area contributed by atoms with Crippen LogP contribution in [0.4, 0.5) is 10.2 Å². The van der Waals surface area contributed by atoms with Crippen molar-refractivity contribution in [2.75, 3.05) is 18.0 Å². The van der Waals surface area contributed by atoms with E-state index in [0.29, 0.717) is 19.7 Å². The van der Waals surface area contributed by atoms with Crippen molar-refractivity contribution in [3.8, 4) is 6.01 Å². The van der Waals surface area contributed by atoms with Crippen LogP contribution in [0.25, 0.3) is 0 Å². The second-order valence-electron chi connectivity index (χ2n) is 4.77. The highest BCUT2D eigenvalue weighted by molar-refractivity contribution is 5.39. The Morgan fingerprint density at radius 1 is 1.14 bits per heavy atom. The number of ether oxygens (including phenoxy) is 1. The predicted molar refractivity (Wildman–Crippen MR) is 81.1 cm³/mol. The maximum absolute atomic E-state index is 13.8. The van der Waals surface area contributed by atoms with E-state index in [1.165, 1.54) is 5.56 Å². The van der Waals surface area contributed by atoms with Crippen molar-refractivity contribution in [2.24, 2.45) is 0 Å². The molecule has 0 unspecified atom stereocenters. The van der Waals surface area contributed by atoms with Crippen LogP contribution >= 0.6 is 0 Å². The first-order valence-electron chi connectivity index (χ1n) is 7.09. The van der Waals surface area contributed by atoms with Crippen molar-refractivity contribution < 1.29 is 9.13 Å². The van der Waals surface area contributed by atoms with E-state index in [1.54, 1.807) is 0 Å². The Bertz CT molecular complexity index is 583. The number of aromatic nitrogens is 2. The number of hydrogen-bond acceptors (Lipinski definition) is 4. The van der Waals surface area contributed by atoms with Gasteiger partial charge in [-0.1, -0.05) is 29.8 Å². The van der Waals surface area contributed by atoms with E-state index in [9.17, 15) is 4.39 Å². The Hall–Kier alpha value is -2.17. The second kappa shape index (κ2) is 7.02. The van der Waals surface area contributed by atoms with Crippen molar-refractivity contribution in [3.63, 3.8) is 0 Å². The number of aryl methyl sites for hydroxylation is 1. The molecule has 0 aliphatic heterocycles. The first-order valence-corrected chi connectivity index (χ1v) is 7.09. The van der Waals surface area contributed by atoms with Gasteiger partial charge in [-0.3, -0.25) is 0 Å². The molecule has 0 saturated heterocycles. The van der Waals surface area contributed by atoms with Gasteiger partial charge in [-0.15, -0.1) is 0 Å². The number of nitrogens with zero attached hydrogens (tertiary/aromatic N) is 3. The monoisotopic (exact) mass is 289 g/mol. The molecular formula is C16H20FN3O. The van der Waals surface area contributed by atoms with Crippen LogP contribution in [-0.2, 0) is 6.61 Å². The second-order valence-corrected chi connectivity index (χ2v) is 4.77. The molecule has 0 bridgehead atoms. The first-order chi connectivity index (χ1) is 10.1. The smallest absolute Gasteiger partial charge is 0.318 e. The van der Waals surface area contributed by atoms with Crippen molar-refractivity contribution in [3.05, 3.63) is 47.4 Å². The average molecular weight is 289 g/mol. The molecule has 0 N–H and O–H groups in total. The van der Waals surface area contributed by atoms with Crippen molar-refractivity contribution >= 4 is 5.82 Å². The minimum absolute atomic E-state index is 0.193. The third-order valence-electron chi connectivity index (χ3n) is 3.26. The maximum atomic E-state index is 13.8. The Labute approximate surface area is 124 Å². The molecule has 0 fully saturated rings. The number of halogens is 1. The molecular weight excluding hydrogens is 269 g/mol. The van der Waals surface area contributed by atoms with Gasteiger partial charge in [-0.25, -0.2) is 9.37 Å². The van der Waals surface area contributed by atoms with Gasteiger partial charge in [-0.2, -0.15) is 4.98 Å². The van der Waals surface area contributed by atoms with Gasteiger partial charge >= 0.3 is 6.01 Å². The SMILES string of the molecule is CCN(CC)c1nc(OCc2ccc(C)cc2)ncc1F. The van der Waals surface area contributed by atoms with Crippen molar-refractivity contribution in [1.82, 2.24) is 9.97 Å². The topological polar surface area (TPSA) is 38.2 Å². The summed E-state index contributed by atoms with van der Waals surface area (Å²) >= 11 is 0. The van der Waals surface area contributed by atoms with Gasteiger partial charge in [0.25, 0.3) is 0 Å². The average Bonchev–Trinajstić information content (AvgIpc) is 2.50.